The number of carbonyl (C=O) groups excluding carboxylic acids is 1. The molecule has 1 heterocycles. The summed E-state index contributed by atoms with van der Waals surface area (Å²) in [5.41, 5.74) is 8.54. The Bertz CT molecular complexity index is 1160. The Kier molecular flexibility index (Phi) is 9.36. The fraction of sp³-hybridized carbons (Fsp3) is 0.308. The standard InChI is InChI=1S/C26H32FN7OS/c1-19-15-32(16-22(29)17-34(30)36-23-7-5-4-6-8-23)11-12-33(19)26(20(14-28)18-35)24-13-21(27)9-10-25(24)31(2)3/h4-10,13,17-19H,11-12,15-16,29-30H2,1-3H3/b22-17-,26-20+. The number of halogens is 1. The van der Waals surface area contributed by atoms with Gasteiger partial charge in [-0.2, -0.15) is 5.26 Å². The number of benzene rings is 2. The highest BCUT2D eigenvalue weighted by molar-refractivity contribution is 7.97. The lowest BCUT2D eigenvalue weighted by Crippen LogP contribution is -2.52. The zero-order valence-electron chi connectivity index (χ0n) is 20.8. The van der Waals surface area contributed by atoms with Gasteiger partial charge in [-0.05, 0) is 37.3 Å². The minimum atomic E-state index is -0.430. The van der Waals surface area contributed by atoms with Crippen LogP contribution >= 0.6 is 11.9 Å². The van der Waals surface area contributed by atoms with Gasteiger partial charge in [-0.15, -0.1) is 0 Å². The fourth-order valence-electron chi connectivity index (χ4n) is 4.28. The van der Waals surface area contributed by atoms with Gasteiger partial charge in [0.25, 0.3) is 0 Å². The zero-order valence-corrected chi connectivity index (χ0v) is 21.6. The van der Waals surface area contributed by atoms with E-state index in [-0.39, 0.29) is 11.6 Å². The molecule has 0 bridgehead atoms. The Balaban J connectivity index is 1.77. The van der Waals surface area contributed by atoms with Crippen molar-refractivity contribution in [1.82, 2.24) is 14.2 Å². The van der Waals surface area contributed by atoms with Crippen molar-refractivity contribution in [2.45, 2.75) is 17.9 Å². The van der Waals surface area contributed by atoms with E-state index in [1.165, 1.54) is 28.5 Å². The number of piperazine rings is 1. The van der Waals surface area contributed by atoms with Crippen LogP contribution in [0.15, 0.2) is 70.9 Å². The lowest BCUT2D eigenvalue weighted by atomic mass is 10.0. The van der Waals surface area contributed by atoms with Gasteiger partial charge in [-0.25, -0.2) is 10.2 Å². The Morgan fingerprint density at radius 1 is 1.25 bits per heavy atom. The van der Waals surface area contributed by atoms with E-state index in [1.54, 1.807) is 12.3 Å². The van der Waals surface area contributed by atoms with E-state index >= 15 is 0 Å². The Labute approximate surface area is 216 Å². The summed E-state index contributed by atoms with van der Waals surface area (Å²) in [5, 5.41) is 9.71. The van der Waals surface area contributed by atoms with Crippen molar-refractivity contribution in [2.24, 2.45) is 11.6 Å². The molecule has 0 amide bonds. The second-order valence-corrected chi connectivity index (χ2v) is 9.87. The lowest BCUT2D eigenvalue weighted by Gasteiger charge is -2.43. The number of anilines is 1. The molecule has 8 nitrogen and oxygen atoms in total. The molecule has 2 aromatic carbocycles. The molecule has 0 aromatic heterocycles. The number of nitrogens with two attached hydrogens (primary N) is 2. The van der Waals surface area contributed by atoms with Gasteiger partial charge < -0.3 is 15.5 Å². The van der Waals surface area contributed by atoms with Crippen LogP contribution < -0.4 is 16.5 Å². The van der Waals surface area contributed by atoms with E-state index in [2.05, 4.69) is 4.90 Å². The average molecular weight is 510 g/mol. The number of carbonyl (C=O) groups is 1. The van der Waals surface area contributed by atoms with E-state index in [9.17, 15) is 14.4 Å². The summed E-state index contributed by atoms with van der Waals surface area (Å²) in [6, 6.07) is 16.1. The lowest BCUT2D eigenvalue weighted by molar-refractivity contribution is -0.104. The van der Waals surface area contributed by atoms with E-state index in [0.29, 0.717) is 49.4 Å². The van der Waals surface area contributed by atoms with Crippen molar-refractivity contribution in [3.8, 4) is 6.07 Å². The normalized spacial score (nSPS) is 17.3. The maximum atomic E-state index is 14.3. The molecule has 190 valence electrons. The number of nitriles is 1. The summed E-state index contributed by atoms with van der Waals surface area (Å²) in [6.45, 7) is 4.35. The monoisotopic (exact) mass is 509 g/mol. The minimum Gasteiger partial charge on any atom is -0.400 e. The molecule has 2 aromatic rings. The molecule has 1 unspecified atom stereocenters. The highest BCUT2D eigenvalue weighted by Crippen LogP contribution is 2.34. The third-order valence-corrected chi connectivity index (χ3v) is 6.64. The summed E-state index contributed by atoms with van der Waals surface area (Å²) in [4.78, 5) is 18.9. The summed E-state index contributed by atoms with van der Waals surface area (Å²) in [6.07, 6.45) is 2.25. The zero-order chi connectivity index (χ0) is 26.2. The van der Waals surface area contributed by atoms with E-state index in [1.807, 2.05) is 67.2 Å². The predicted molar refractivity (Wildman–Crippen MR) is 143 cm³/mol. The number of hydrazine groups is 1. The van der Waals surface area contributed by atoms with E-state index < -0.39 is 5.82 Å². The van der Waals surface area contributed by atoms with E-state index in [0.717, 1.165) is 10.6 Å². The molecule has 1 aliphatic heterocycles. The maximum absolute atomic E-state index is 14.3. The first-order valence-electron chi connectivity index (χ1n) is 11.5. The predicted octanol–water partition coefficient (Wildman–Crippen LogP) is 3.01. The highest BCUT2D eigenvalue weighted by atomic mass is 32.2. The first kappa shape index (κ1) is 27.1. The van der Waals surface area contributed by atoms with Crippen LogP contribution in [0.3, 0.4) is 0 Å². The molecule has 0 radical (unpaired) electrons. The van der Waals surface area contributed by atoms with Gasteiger partial charge in [-0.1, -0.05) is 18.2 Å². The number of nitrogens with zero attached hydrogens (tertiary/aromatic N) is 5. The van der Waals surface area contributed by atoms with Crippen molar-refractivity contribution in [3.63, 3.8) is 0 Å². The molecule has 0 spiro atoms. The van der Waals surface area contributed by atoms with Gasteiger partial charge in [0.15, 0.2) is 6.29 Å². The summed E-state index contributed by atoms with van der Waals surface area (Å²) in [7, 11) is 3.68. The first-order valence-corrected chi connectivity index (χ1v) is 12.3. The van der Waals surface area contributed by atoms with Crippen molar-refractivity contribution in [1.29, 1.82) is 5.26 Å². The average Bonchev–Trinajstić information content (AvgIpc) is 2.83. The van der Waals surface area contributed by atoms with Gasteiger partial charge in [0.2, 0.25) is 0 Å². The second kappa shape index (κ2) is 12.4. The number of aldehydes is 1. The van der Waals surface area contributed by atoms with Gasteiger partial charge >= 0.3 is 0 Å². The molecule has 0 saturated carbocycles. The van der Waals surface area contributed by atoms with Crippen LogP contribution in [-0.4, -0.2) is 66.8 Å². The molecule has 1 aliphatic rings. The van der Waals surface area contributed by atoms with Crippen LogP contribution in [-0.2, 0) is 4.79 Å². The van der Waals surface area contributed by atoms with Crippen LogP contribution in [0, 0.1) is 17.1 Å². The third-order valence-electron chi connectivity index (χ3n) is 5.84. The number of hydrogen-bond acceptors (Lipinski definition) is 9. The summed E-state index contributed by atoms with van der Waals surface area (Å²) in [5.74, 6) is 5.66. The van der Waals surface area contributed by atoms with Crippen LogP contribution in [0.5, 0.6) is 0 Å². The Morgan fingerprint density at radius 2 is 1.97 bits per heavy atom. The quantitative estimate of drug-likeness (QED) is 0.132. The largest absolute Gasteiger partial charge is 0.400 e. The van der Waals surface area contributed by atoms with Crippen molar-refractivity contribution in [3.05, 3.63) is 77.4 Å². The number of allylic oxidation sites excluding steroid dienone is 1. The number of rotatable bonds is 9. The van der Waals surface area contributed by atoms with Crippen LogP contribution in [0.1, 0.15) is 12.5 Å². The molecule has 4 N–H and O–H groups in total. The van der Waals surface area contributed by atoms with Crippen LogP contribution in [0.2, 0.25) is 0 Å². The molecule has 36 heavy (non-hydrogen) atoms. The highest BCUT2D eigenvalue weighted by Gasteiger charge is 2.30. The molecule has 0 aliphatic carbocycles. The van der Waals surface area contributed by atoms with Gasteiger partial charge in [0.1, 0.15) is 17.5 Å². The molecular formula is C26H32FN7OS. The van der Waals surface area contributed by atoms with Gasteiger partial charge in [0, 0.05) is 86.3 Å². The van der Waals surface area contributed by atoms with Crippen LogP contribution in [0.4, 0.5) is 10.1 Å². The molecule has 1 fully saturated rings. The van der Waals surface area contributed by atoms with Gasteiger partial charge in [-0.3, -0.25) is 14.1 Å². The van der Waals surface area contributed by atoms with Crippen LogP contribution in [0.25, 0.3) is 5.70 Å². The smallest absolute Gasteiger partial charge is 0.162 e. The number of hydrogen-bond donors (Lipinski definition) is 2. The molecule has 1 saturated heterocycles. The maximum Gasteiger partial charge on any atom is 0.162 e. The summed E-state index contributed by atoms with van der Waals surface area (Å²) >= 11 is 1.37. The summed E-state index contributed by atoms with van der Waals surface area (Å²) < 4.78 is 15.8. The van der Waals surface area contributed by atoms with Crippen molar-refractivity contribution < 1.29 is 9.18 Å². The first-order chi connectivity index (χ1) is 17.2. The molecule has 1 atom stereocenters. The van der Waals surface area contributed by atoms with Crippen molar-refractivity contribution >= 4 is 29.6 Å². The van der Waals surface area contributed by atoms with Crippen molar-refractivity contribution in [2.75, 3.05) is 45.2 Å². The molecular weight excluding hydrogens is 477 g/mol. The topological polar surface area (TPSA) is 106 Å². The minimum absolute atomic E-state index is 0.0277. The molecule has 3 rings (SSSR count). The van der Waals surface area contributed by atoms with Gasteiger partial charge in [0.05, 0.1) is 5.70 Å². The Hall–Kier alpha value is -3.52. The Morgan fingerprint density at radius 3 is 2.58 bits per heavy atom. The second-order valence-electron chi connectivity index (χ2n) is 8.79. The fourth-order valence-corrected chi connectivity index (χ4v) is 4.99. The third kappa shape index (κ3) is 6.79. The molecule has 10 heteroatoms. The van der Waals surface area contributed by atoms with E-state index in [4.69, 9.17) is 11.6 Å². The SMILES string of the molecule is CC1CN(C/C(N)=C/N(N)Sc2ccccc2)CCN1/C(=C(\C#N)C=O)c1cc(F)ccc1N(C)C.